The number of esters is 1. The number of rotatable bonds is 2. The summed E-state index contributed by atoms with van der Waals surface area (Å²) in [6, 6.07) is 9.59. The highest BCUT2D eigenvalue weighted by Gasteiger charge is 2.13. The van der Waals surface area contributed by atoms with Crippen LogP contribution < -0.4 is 0 Å². The van der Waals surface area contributed by atoms with Gasteiger partial charge in [0.15, 0.2) is 6.10 Å². The molecule has 0 amide bonds. The summed E-state index contributed by atoms with van der Waals surface area (Å²) in [5, 5.41) is 1.02. The lowest BCUT2D eigenvalue weighted by atomic mass is 10.2. The fourth-order valence-corrected chi connectivity index (χ4v) is 1.51. The van der Waals surface area contributed by atoms with Gasteiger partial charge >= 0.3 is 5.97 Å². The summed E-state index contributed by atoms with van der Waals surface area (Å²) in [7, 11) is 0. The first-order valence-corrected chi connectivity index (χ1v) is 4.82. The van der Waals surface area contributed by atoms with Crippen LogP contribution in [0.1, 0.15) is 25.7 Å². The fraction of sp³-hybridized carbons (Fsp3) is 0.250. The molecule has 0 aliphatic carbocycles. The second-order valence-electron chi connectivity index (χ2n) is 3.44. The van der Waals surface area contributed by atoms with Gasteiger partial charge in [0.05, 0.1) is 0 Å². The maximum absolute atomic E-state index is 10.8. The standard InChI is InChI=1S/C12H12O3/c1-8(14-9(2)13)12-7-10-5-3-4-6-11(10)15-12/h3-8H,1-2H3/t8-/m0/s1. The number of carbonyl (C=O) groups excluding carboxylic acids is 1. The quantitative estimate of drug-likeness (QED) is 0.706. The van der Waals surface area contributed by atoms with Crippen LogP contribution in [0.15, 0.2) is 34.7 Å². The van der Waals surface area contributed by atoms with Crippen LogP contribution in [-0.4, -0.2) is 5.97 Å². The molecule has 1 aromatic carbocycles. The second kappa shape index (κ2) is 3.77. The van der Waals surface area contributed by atoms with Crippen LogP contribution in [0.3, 0.4) is 0 Å². The molecule has 0 unspecified atom stereocenters. The maximum atomic E-state index is 10.8. The Balaban J connectivity index is 2.32. The van der Waals surface area contributed by atoms with E-state index >= 15 is 0 Å². The van der Waals surface area contributed by atoms with Gasteiger partial charge in [0, 0.05) is 12.3 Å². The average Bonchev–Trinajstić information content (AvgIpc) is 2.59. The summed E-state index contributed by atoms with van der Waals surface area (Å²) in [5.74, 6) is 0.370. The molecule has 0 aliphatic heterocycles. The third-order valence-corrected chi connectivity index (χ3v) is 2.19. The predicted octanol–water partition coefficient (Wildman–Crippen LogP) is 3.06. The number of hydrogen-bond acceptors (Lipinski definition) is 3. The van der Waals surface area contributed by atoms with Crippen molar-refractivity contribution < 1.29 is 13.9 Å². The van der Waals surface area contributed by atoms with Gasteiger partial charge in [0.25, 0.3) is 0 Å². The van der Waals surface area contributed by atoms with Crippen molar-refractivity contribution in [3.63, 3.8) is 0 Å². The van der Waals surface area contributed by atoms with Crippen LogP contribution >= 0.6 is 0 Å². The number of hydrogen-bond donors (Lipinski definition) is 0. The number of furan rings is 1. The molecule has 0 spiro atoms. The SMILES string of the molecule is CC(=O)O[C@@H](C)c1cc2ccccc2o1. The highest BCUT2D eigenvalue weighted by molar-refractivity contribution is 5.77. The van der Waals surface area contributed by atoms with Crippen molar-refractivity contribution in [2.75, 3.05) is 0 Å². The molecule has 2 aromatic rings. The number of benzene rings is 1. The fourth-order valence-electron chi connectivity index (χ4n) is 1.51. The van der Waals surface area contributed by atoms with Crippen molar-refractivity contribution in [1.29, 1.82) is 0 Å². The van der Waals surface area contributed by atoms with E-state index in [-0.39, 0.29) is 12.1 Å². The van der Waals surface area contributed by atoms with E-state index in [9.17, 15) is 4.79 Å². The van der Waals surface area contributed by atoms with E-state index < -0.39 is 0 Å². The third kappa shape index (κ3) is 2.01. The van der Waals surface area contributed by atoms with Crippen molar-refractivity contribution >= 4 is 16.9 Å². The lowest BCUT2D eigenvalue weighted by molar-refractivity contribution is -0.146. The van der Waals surface area contributed by atoms with E-state index in [1.165, 1.54) is 6.92 Å². The highest BCUT2D eigenvalue weighted by Crippen LogP contribution is 2.25. The maximum Gasteiger partial charge on any atom is 0.303 e. The van der Waals surface area contributed by atoms with Gasteiger partial charge < -0.3 is 9.15 Å². The van der Waals surface area contributed by atoms with E-state index in [2.05, 4.69) is 0 Å². The van der Waals surface area contributed by atoms with Crippen molar-refractivity contribution in [1.82, 2.24) is 0 Å². The molecule has 3 heteroatoms. The van der Waals surface area contributed by atoms with Crippen LogP contribution in [-0.2, 0) is 9.53 Å². The summed E-state index contributed by atoms with van der Waals surface area (Å²) >= 11 is 0. The Kier molecular flexibility index (Phi) is 2.46. The predicted molar refractivity (Wildman–Crippen MR) is 56.4 cm³/mol. The molecule has 1 aromatic heterocycles. The van der Waals surface area contributed by atoms with Crippen LogP contribution in [0.4, 0.5) is 0 Å². The summed E-state index contributed by atoms with van der Waals surface area (Å²) in [6.45, 7) is 3.18. The first-order valence-electron chi connectivity index (χ1n) is 4.82. The topological polar surface area (TPSA) is 39.4 Å². The molecule has 0 saturated carbocycles. The Labute approximate surface area is 87.6 Å². The van der Waals surface area contributed by atoms with E-state index in [1.807, 2.05) is 30.3 Å². The van der Waals surface area contributed by atoms with Gasteiger partial charge in [0.2, 0.25) is 0 Å². The molecule has 1 atom stereocenters. The van der Waals surface area contributed by atoms with Gasteiger partial charge in [0.1, 0.15) is 11.3 Å². The van der Waals surface area contributed by atoms with Crippen molar-refractivity contribution in [3.05, 3.63) is 36.1 Å². The summed E-state index contributed by atoms with van der Waals surface area (Å²) in [4.78, 5) is 10.8. The molecular weight excluding hydrogens is 192 g/mol. The first-order chi connectivity index (χ1) is 7.16. The molecule has 0 aliphatic rings. The molecular formula is C12H12O3. The third-order valence-electron chi connectivity index (χ3n) is 2.19. The second-order valence-corrected chi connectivity index (χ2v) is 3.44. The van der Waals surface area contributed by atoms with Gasteiger partial charge in [-0.25, -0.2) is 0 Å². The molecule has 15 heavy (non-hydrogen) atoms. The molecule has 78 valence electrons. The minimum atomic E-state index is -0.338. The largest absolute Gasteiger partial charge is 0.457 e. The van der Waals surface area contributed by atoms with Gasteiger partial charge in [-0.05, 0) is 19.1 Å². The Morgan fingerprint density at radius 3 is 2.80 bits per heavy atom. The number of ether oxygens (including phenoxy) is 1. The zero-order valence-corrected chi connectivity index (χ0v) is 8.69. The van der Waals surface area contributed by atoms with Crippen LogP contribution in [0.5, 0.6) is 0 Å². The average molecular weight is 204 g/mol. The van der Waals surface area contributed by atoms with Gasteiger partial charge in [-0.2, -0.15) is 0 Å². The highest BCUT2D eigenvalue weighted by atomic mass is 16.5. The van der Waals surface area contributed by atoms with Crippen LogP contribution in [0.25, 0.3) is 11.0 Å². The summed E-state index contributed by atoms with van der Waals surface area (Å²) in [5.41, 5.74) is 0.812. The van der Waals surface area contributed by atoms with Gasteiger partial charge in [-0.3, -0.25) is 4.79 Å². The van der Waals surface area contributed by atoms with E-state index in [1.54, 1.807) is 6.92 Å². The van der Waals surface area contributed by atoms with Gasteiger partial charge in [-0.15, -0.1) is 0 Å². The van der Waals surface area contributed by atoms with Crippen LogP contribution in [0, 0.1) is 0 Å². The minimum absolute atomic E-state index is 0.303. The van der Waals surface area contributed by atoms with E-state index in [4.69, 9.17) is 9.15 Å². The molecule has 0 fully saturated rings. The molecule has 0 bridgehead atoms. The smallest absolute Gasteiger partial charge is 0.303 e. The van der Waals surface area contributed by atoms with Crippen molar-refractivity contribution in [3.8, 4) is 0 Å². The molecule has 0 N–H and O–H groups in total. The number of para-hydroxylation sites is 1. The van der Waals surface area contributed by atoms with Crippen LogP contribution in [0.2, 0.25) is 0 Å². The lowest BCUT2D eigenvalue weighted by Crippen LogP contribution is -2.03. The summed E-state index contributed by atoms with van der Waals surface area (Å²) in [6.07, 6.45) is -0.338. The van der Waals surface area contributed by atoms with Crippen molar-refractivity contribution in [2.24, 2.45) is 0 Å². The zero-order chi connectivity index (χ0) is 10.8. The van der Waals surface area contributed by atoms with Crippen molar-refractivity contribution in [2.45, 2.75) is 20.0 Å². The van der Waals surface area contributed by atoms with Gasteiger partial charge in [-0.1, -0.05) is 18.2 Å². The number of fused-ring (bicyclic) bond motifs is 1. The monoisotopic (exact) mass is 204 g/mol. The molecule has 0 radical (unpaired) electrons. The molecule has 2 rings (SSSR count). The first kappa shape index (κ1) is 9.77. The Morgan fingerprint density at radius 2 is 2.13 bits per heavy atom. The zero-order valence-electron chi connectivity index (χ0n) is 8.69. The molecule has 1 heterocycles. The lowest BCUT2D eigenvalue weighted by Gasteiger charge is -2.07. The minimum Gasteiger partial charge on any atom is -0.457 e. The normalized spacial score (nSPS) is 12.7. The Bertz CT molecular complexity index is 451. The molecule has 3 nitrogen and oxygen atoms in total. The Morgan fingerprint density at radius 1 is 1.40 bits per heavy atom. The Hall–Kier alpha value is -1.77. The molecule has 0 saturated heterocycles. The van der Waals surface area contributed by atoms with E-state index in [0.29, 0.717) is 5.76 Å². The summed E-state index contributed by atoms with van der Waals surface area (Å²) < 4.78 is 10.6. The van der Waals surface area contributed by atoms with E-state index in [0.717, 1.165) is 11.0 Å². The number of carbonyl (C=O) groups is 1.